The predicted octanol–water partition coefficient (Wildman–Crippen LogP) is 1.68. The van der Waals surface area contributed by atoms with Gasteiger partial charge in [0, 0.05) is 12.5 Å². The first kappa shape index (κ1) is 10.0. The van der Waals surface area contributed by atoms with E-state index in [1.54, 1.807) is 0 Å². The summed E-state index contributed by atoms with van der Waals surface area (Å²) in [5, 5.41) is 9.10. The smallest absolute Gasteiger partial charge is 0.0516 e. The van der Waals surface area contributed by atoms with E-state index < -0.39 is 0 Å². The molecule has 0 saturated carbocycles. The Morgan fingerprint density at radius 1 is 1.42 bits per heavy atom. The minimum atomic E-state index is 0.342. The van der Waals surface area contributed by atoms with Crippen molar-refractivity contribution in [2.75, 3.05) is 19.8 Å². The van der Waals surface area contributed by atoms with Crippen LogP contribution < -0.4 is 0 Å². The van der Waals surface area contributed by atoms with Crippen LogP contribution in [0.5, 0.6) is 0 Å². The third kappa shape index (κ3) is 3.11. The van der Waals surface area contributed by atoms with Crippen LogP contribution in [-0.2, 0) is 4.74 Å². The first-order valence-corrected chi connectivity index (χ1v) is 4.91. The highest BCUT2D eigenvalue weighted by atomic mass is 16.5. The Labute approximate surface area is 74.9 Å². The molecular weight excluding hydrogens is 152 g/mol. The Morgan fingerprint density at radius 2 is 2.08 bits per heavy atom. The minimum absolute atomic E-state index is 0.342. The van der Waals surface area contributed by atoms with Gasteiger partial charge < -0.3 is 9.84 Å². The van der Waals surface area contributed by atoms with Crippen LogP contribution >= 0.6 is 0 Å². The summed E-state index contributed by atoms with van der Waals surface area (Å²) in [5.74, 6) is 1.92. The molecule has 0 spiro atoms. The number of hydrogen-bond donors (Lipinski definition) is 1. The van der Waals surface area contributed by atoms with Crippen molar-refractivity contribution in [3.8, 4) is 0 Å². The van der Waals surface area contributed by atoms with Crippen molar-refractivity contribution in [3.63, 3.8) is 0 Å². The highest BCUT2D eigenvalue weighted by molar-refractivity contribution is 4.71. The molecule has 0 aromatic heterocycles. The fourth-order valence-corrected chi connectivity index (χ4v) is 1.80. The summed E-state index contributed by atoms with van der Waals surface area (Å²) < 4.78 is 5.10. The molecule has 1 unspecified atom stereocenters. The molecule has 0 aromatic rings. The number of rotatable bonds is 5. The van der Waals surface area contributed by atoms with Crippen LogP contribution in [0.1, 0.15) is 26.7 Å². The maximum absolute atomic E-state index is 9.10. The molecule has 1 aliphatic heterocycles. The second-order valence-corrected chi connectivity index (χ2v) is 4.32. The molecule has 12 heavy (non-hydrogen) atoms. The SMILES string of the molecule is CC(C)CC(CO)CC1COC1. The van der Waals surface area contributed by atoms with Crippen LogP contribution in [0.15, 0.2) is 0 Å². The van der Waals surface area contributed by atoms with Gasteiger partial charge in [0.05, 0.1) is 13.2 Å². The number of aliphatic hydroxyl groups is 1. The fraction of sp³-hybridized carbons (Fsp3) is 1.00. The third-order valence-electron chi connectivity index (χ3n) is 2.44. The summed E-state index contributed by atoms with van der Waals surface area (Å²) in [5.41, 5.74) is 0. The summed E-state index contributed by atoms with van der Waals surface area (Å²) in [6.07, 6.45) is 2.29. The number of aliphatic hydroxyl groups excluding tert-OH is 1. The Balaban J connectivity index is 2.15. The van der Waals surface area contributed by atoms with E-state index in [0.29, 0.717) is 18.4 Å². The first-order valence-electron chi connectivity index (χ1n) is 4.91. The van der Waals surface area contributed by atoms with E-state index in [2.05, 4.69) is 13.8 Å². The van der Waals surface area contributed by atoms with E-state index in [4.69, 9.17) is 9.84 Å². The van der Waals surface area contributed by atoms with E-state index in [1.165, 1.54) is 0 Å². The molecule has 1 rings (SSSR count). The largest absolute Gasteiger partial charge is 0.396 e. The van der Waals surface area contributed by atoms with Crippen molar-refractivity contribution in [2.24, 2.45) is 17.8 Å². The van der Waals surface area contributed by atoms with Gasteiger partial charge in [-0.2, -0.15) is 0 Å². The van der Waals surface area contributed by atoms with Crippen LogP contribution in [0.2, 0.25) is 0 Å². The Hall–Kier alpha value is -0.0800. The highest BCUT2D eigenvalue weighted by Gasteiger charge is 2.22. The zero-order chi connectivity index (χ0) is 8.97. The zero-order valence-electron chi connectivity index (χ0n) is 8.12. The van der Waals surface area contributed by atoms with Crippen molar-refractivity contribution in [1.82, 2.24) is 0 Å². The lowest BCUT2D eigenvalue weighted by molar-refractivity contribution is -0.0469. The molecule has 0 amide bonds. The van der Waals surface area contributed by atoms with E-state index in [0.717, 1.165) is 32.0 Å². The molecule has 0 aliphatic carbocycles. The fourth-order valence-electron chi connectivity index (χ4n) is 1.80. The van der Waals surface area contributed by atoms with E-state index in [9.17, 15) is 0 Å². The monoisotopic (exact) mass is 172 g/mol. The van der Waals surface area contributed by atoms with Gasteiger partial charge in [0.2, 0.25) is 0 Å². The van der Waals surface area contributed by atoms with Gasteiger partial charge in [0.15, 0.2) is 0 Å². The molecule has 72 valence electrons. The quantitative estimate of drug-likeness (QED) is 0.683. The lowest BCUT2D eigenvalue weighted by Crippen LogP contribution is -2.30. The van der Waals surface area contributed by atoms with Crippen molar-refractivity contribution in [1.29, 1.82) is 0 Å². The second kappa shape index (κ2) is 4.83. The second-order valence-electron chi connectivity index (χ2n) is 4.32. The summed E-state index contributed by atoms with van der Waals surface area (Å²) in [6, 6.07) is 0. The predicted molar refractivity (Wildman–Crippen MR) is 49.0 cm³/mol. The maximum atomic E-state index is 9.10. The average Bonchev–Trinajstić information content (AvgIpc) is 1.93. The third-order valence-corrected chi connectivity index (χ3v) is 2.44. The van der Waals surface area contributed by atoms with Crippen LogP contribution in [0.25, 0.3) is 0 Å². The normalized spacial score (nSPS) is 21.0. The molecule has 1 atom stereocenters. The molecule has 2 heteroatoms. The van der Waals surface area contributed by atoms with E-state index in [1.807, 2.05) is 0 Å². The molecule has 0 radical (unpaired) electrons. The van der Waals surface area contributed by atoms with Gasteiger partial charge in [-0.3, -0.25) is 0 Å². The number of ether oxygens (including phenoxy) is 1. The first-order chi connectivity index (χ1) is 5.72. The minimum Gasteiger partial charge on any atom is -0.396 e. The molecule has 1 fully saturated rings. The molecular formula is C10H20O2. The van der Waals surface area contributed by atoms with Gasteiger partial charge in [0.1, 0.15) is 0 Å². The Kier molecular flexibility index (Phi) is 4.02. The van der Waals surface area contributed by atoms with Gasteiger partial charge in [-0.25, -0.2) is 0 Å². The van der Waals surface area contributed by atoms with Crippen molar-refractivity contribution < 1.29 is 9.84 Å². The molecule has 1 N–H and O–H groups in total. The van der Waals surface area contributed by atoms with Crippen molar-refractivity contribution in [2.45, 2.75) is 26.7 Å². The van der Waals surface area contributed by atoms with Crippen molar-refractivity contribution >= 4 is 0 Å². The maximum Gasteiger partial charge on any atom is 0.0516 e. The van der Waals surface area contributed by atoms with Gasteiger partial charge in [0.25, 0.3) is 0 Å². The summed E-state index contributed by atoms with van der Waals surface area (Å²) in [6.45, 7) is 6.58. The lowest BCUT2D eigenvalue weighted by atomic mass is 9.88. The van der Waals surface area contributed by atoms with Gasteiger partial charge in [-0.15, -0.1) is 0 Å². The Bertz CT molecular complexity index is 119. The van der Waals surface area contributed by atoms with Crippen LogP contribution in [0.3, 0.4) is 0 Å². The molecule has 0 bridgehead atoms. The zero-order valence-corrected chi connectivity index (χ0v) is 8.12. The summed E-state index contributed by atoms with van der Waals surface area (Å²) in [4.78, 5) is 0. The Morgan fingerprint density at radius 3 is 2.42 bits per heavy atom. The van der Waals surface area contributed by atoms with E-state index in [-0.39, 0.29) is 0 Å². The standard InChI is InChI=1S/C10H20O2/c1-8(2)3-9(5-11)4-10-6-12-7-10/h8-11H,3-7H2,1-2H3. The molecule has 1 aliphatic rings. The van der Waals surface area contributed by atoms with Crippen molar-refractivity contribution in [3.05, 3.63) is 0 Å². The highest BCUT2D eigenvalue weighted by Crippen LogP contribution is 2.24. The topological polar surface area (TPSA) is 29.5 Å². The molecule has 1 heterocycles. The number of hydrogen-bond acceptors (Lipinski definition) is 2. The van der Waals surface area contributed by atoms with E-state index >= 15 is 0 Å². The van der Waals surface area contributed by atoms with Crippen LogP contribution in [0.4, 0.5) is 0 Å². The van der Waals surface area contributed by atoms with Gasteiger partial charge in [-0.05, 0) is 24.7 Å². The molecule has 2 nitrogen and oxygen atoms in total. The van der Waals surface area contributed by atoms with Gasteiger partial charge >= 0.3 is 0 Å². The van der Waals surface area contributed by atoms with Gasteiger partial charge in [-0.1, -0.05) is 13.8 Å². The lowest BCUT2D eigenvalue weighted by Gasteiger charge is -2.29. The van der Waals surface area contributed by atoms with Crippen LogP contribution in [-0.4, -0.2) is 24.9 Å². The molecule has 1 saturated heterocycles. The average molecular weight is 172 g/mol. The summed E-state index contributed by atoms with van der Waals surface area (Å²) in [7, 11) is 0. The van der Waals surface area contributed by atoms with Crippen LogP contribution in [0, 0.1) is 17.8 Å². The summed E-state index contributed by atoms with van der Waals surface area (Å²) >= 11 is 0. The molecule has 0 aromatic carbocycles.